The van der Waals surface area contributed by atoms with E-state index in [9.17, 15) is 0 Å². The second-order valence-electron chi connectivity index (χ2n) is 5.65. The smallest absolute Gasteiger partial charge is 0.0790 e. The minimum atomic E-state index is 0.453. The Kier molecular flexibility index (Phi) is 5.11. The van der Waals surface area contributed by atoms with Crippen LogP contribution in [0.4, 0.5) is 0 Å². The Morgan fingerprint density at radius 1 is 1.10 bits per heavy atom. The normalized spacial score (nSPS) is 18.6. The van der Waals surface area contributed by atoms with Gasteiger partial charge < -0.3 is 5.32 Å². The number of hydrogen-bond acceptors (Lipinski definition) is 4. The van der Waals surface area contributed by atoms with E-state index in [1.807, 2.05) is 22.7 Å². The molecule has 1 N–H and O–H groups in total. The molecule has 2 aromatic heterocycles. The van der Waals surface area contributed by atoms with Crippen molar-refractivity contribution in [3.63, 3.8) is 0 Å². The first kappa shape index (κ1) is 15.2. The van der Waals surface area contributed by atoms with Gasteiger partial charge in [0.25, 0.3) is 0 Å². The van der Waals surface area contributed by atoms with Crippen LogP contribution in [0.25, 0.3) is 0 Å². The first-order valence-corrected chi connectivity index (χ1v) is 9.51. The van der Waals surface area contributed by atoms with Crippen molar-refractivity contribution in [2.45, 2.75) is 32.7 Å². The molecule has 0 bridgehead atoms. The Bertz CT molecular complexity index is 565. The van der Waals surface area contributed by atoms with Gasteiger partial charge in [0.15, 0.2) is 0 Å². The second-order valence-corrected chi connectivity index (χ2v) is 8.17. The van der Waals surface area contributed by atoms with E-state index < -0.39 is 0 Å². The molecule has 0 spiro atoms. The summed E-state index contributed by atoms with van der Waals surface area (Å²) in [5.74, 6) is 0. The van der Waals surface area contributed by atoms with E-state index in [0.717, 1.165) is 26.1 Å². The standard InChI is InChI=1S/C17H24N2S2/c1-3-14-6-8-16(21-14)17(15-7-5-13(2)20-15)19-11-4-9-18-10-12-19/h5-8,17-18H,3-4,9-12H2,1-2H3. The predicted molar refractivity (Wildman–Crippen MR) is 93.7 cm³/mol. The van der Waals surface area contributed by atoms with Crippen molar-refractivity contribution < 1.29 is 0 Å². The van der Waals surface area contributed by atoms with Gasteiger partial charge in [-0.2, -0.15) is 0 Å². The van der Waals surface area contributed by atoms with Crippen molar-refractivity contribution in [3.8, 4) is 0 Å². The number of aryl methyl sites for hydroxylation is 2. The summed E-state index contributed by atoms with van der Waals surface area (Å²) in [6.07, 6.45) is 2.38. The molecule has 0 aliphatic carbocycles. The first-order chi connectivity index (χ1) is 10.3. The minimum Gasteiger partial charge on any atom is -0.315 e. The molecule has 3 heterocycles. The van der Waals surface area contributed by atoms with Gasteiger partial charge >= 0.3 is 0 Å². The average Bonchev–Trinajstić information content (AvgIpc) is 3.03. The Morgan fingerprint density at radius 2 is 1.90 bits per heavy atom. The fourth-order valence-corrected chi connectivity index (χ4v) is 5.17. The Morgan fingerprint density at radius 3 is 2.62 bits per heavy atom. The van der Waals surface area contributed by atoms with E-state index in [2.05, 4.69) is 48.3 Å². The van der Waals surface area contributed by atoms with Crippen LogP contribution in [0.5, 0.6) is 0 Å². The summed E-state index contributed by atoms with van der Waals surface area (Å²) in [4.78, 5) is 8.58. The molecule has 21 heavy (non-hydrogen) atoms. The van der Waals surface area contributed by atoms with Crippen LogP contribution in [0.2, 0.25) is 0 Å². The Hall–Kier alpha value is -0.680. The highest BCUT2D eigenvalue weighted by atomic mass is 32.1. The quantitative estimate of drug-likeness (QED) is 0.914. The van der Waals surface area contributed by atoms with Crippen LogP contribution >= 0.6 is 22.7 Å². The van der Waals surface area contributed by atoms with E-state index in [0.29, 0.717) is 6.04 Å². The summed E-state index contributed by atoms with van der Waals surface area (Å²) < 4.78 is 0. The van der Waals surface area contributed by atoms with Crippen LogP contribution in [0, 0.1) is 6.92 Å². The maximum Gasteiger partial charge on any atom is 0.0790 e. The van der Waals surface area contributed by atoms with Crippen molar-refractivity contribution in [2.24, 2.45) is 0 Å². The molecule has 0 amide bonds. The van der Waals surface area contributed by atoms with Crippen molar-refractivity contribution in [1.82, 2.24) is 10.2 Å². The van der Waals surface area contributed by atoms with Crippen LogP contribution in [-0.2, 0) is 6.42 Å². The maximum atomic E-state index is 3.52. The minimum absolute atomic E-state index is 0.453. The number of rotatable bonds is 4. The third-order valence-electron chi connectivity index (χ3n) is 4.07. The summed E-state index contributed by atoms with van der Waals surface area (Å²) in [5, 5.41) is 3.52. The largest absolute Gasteiger partial charge is 0.315 e. The molecule has 2 aromatic rings. The van der Waals surface area contributed by atoms with Gasteiger partial charge in [-0.1, -0.05) is 6.92 Å². The monoisotopic (exact) mass is 320 g/mol. The molecular formula is C17H24N2S2. The van der Waals surface area contributed by atoms with Crippen LogP contribution < -0.4 is 5.32 Å². The lowest BCUT2D eigenvalue weighted by Crippen LogP contribution is -2.32. The summed E-state index contributed by atoms with van der Waals surface area (Å²) in [6.45, 7) is 9.04. The van der Waals surface area contributed by atoms with Gasteiger partial charge in [0.2, 0.25) is 0 Å². The fraction of sp³-hybridized carbons (Fsp3) is 0.529. The highest BCUT2D eigenvalue weighted by Gasteiger charge is 2.25. The second kappa shape index (κ2) is 7.05. The van der Waals surface area contributed by atoms with Crippen molar-refractivity contribution >= 4 is 22.7 Å². The van der Waals surface area contributed by atoms with Gasteiger partial charge in [-0.3, -0.25) is 4.90 Å². The van der Waals surface area contributed by atoms with E-state index in [-0.39, 0.29) is 0 Å². The molecule has 1 atom stereocenters. The lowest BCUT2D eigenvalue weighted by Gasteiger charge is -2.29. The zero-order valence-corrected chi connectivity index (χ0v) is 14.5. The number of nitrogens with zero attached hydrogens (tertiary/aromatic N) is 1. The SMILES string of the molecule is CCc1ccc(C(c2ccc(C)s2)N2CCCNCC2)s1. The lowest BCUT2D eigenvalue weighted by atomic mass is 10.1. The Balaban J connectivity index is 1.93. The van der Waals surface area contributed by atoms with Gasteiger partial charge in [-0.25, -0.2) is 0 Å². The summed E-state index contributed by atoms with van der Waals surface area (Å²) in [7, 11) is 0. The molecule has 114 valence electrons. The fourth-order valence-electron chi connectivity index (χ4n) is 2.96. The molecule has 2 nitrogen and oxygen atoms in total. The van der Waals surface area contributed by atoms with Gasteiger partial charge in [0, 0.05) is 39.1 Å². The van der Waals surface area contributed by atoms with Gasteiger partial charge in [-0.05, 0) is 50.6 Å². The van der Waals surface area contributed by atoms with Crippen molar-refractivity contribution in [1.29, 1.82) is 0 Å². The van der Waals surface area contributed by atoms with E-state index in [1.54, 1.807) is 0 Å². The van der Waals surface area contributed by atoms with Crippen LogP contribution in [0.3, 0.4) is 0 Å². The highest BCUT2D eigenvalue weighted by Crippen LogP contribution is 2.37. The molecule has 1 unspecified atom stereocenters. The van der Waals surface area contributed by atoms with Crippen LogP contribution in [0.15, 0.2) is 24.3 Å². The molecule has 4 heteroatoms. The summed E-state index contributed by atoms with van der Waals surface area (Å²) >= 11 is 3.94. The number of nitrogens with one attached hydrogen (secondary N) is 1. The van der Waals surface area contributed by atoms with E-state index in [4.69, 9.17) is 0 Å². The third kappa shape index (κ3) is 3.57. The number of hydrogen-bond donors (Lipinski definition) is 1. The van der Waals surface area contributed by atoms with Crippen LogP contribution in [0.1, 0.15) is 38.9 Å². The van der Waals surface area contributed by atoms with E-state index in [1.165, 1.54) is 32.5 Å². The molecule has 0 radical (unpaired) electrons. The van der Waals surface area contributed by atoms with E-state index >= 15 is 0 Å². The molecule has 0 aromatic carbocycles. The maximum absolute atomic E-state index is 3.52. The van der Waals surface area contributed by atoms with Gasteiger partial charge in [0.05, 0.1) is 6.04 Å². The number of thiophene rings is 2. The molecular weight excluding hydrogens is 296 g/mol. The van der Waals surface area contributed by atoms with Gasteiger partial charge in [0.1, 0.15) is 0 Å². The predicted octanol–water partition coefficient (Wildman–Crippen LogP) is 4.07. The molecule has 1 aliphatic heterocycles. The highest BCUT2D eigenvalue weighted by molar-refractivity contribution is 7.13. The molecule has 0 saturated carbocycles. The summed E-state index contributed by atoms with van der Waals surface area (Å²) in [6, 6.07) is 9.70. The Labute approximate surface area is 135 Å². The van der Waals surface area contributed by atoms with Crippen molar-refractivity contribution in [3.05, 3.63) is 43.8 Å². The lowest BCUT2D eigenvalue weighted by molar-refractivity contribution is 0.247. The molecule has 1 aliphatic rings. The first-order valence-electron chi connectivity index (χ1n) is 7.87. The molecule has 1 saturated heterocycles. The molecule has 1 fully saturated rings. The molecule has 3 rings (SSSR count). The topological polar surface area (TPSA) is 15.3 Å². The van der Waals surface area contributed by atoms with Crippen LogP contribution in [-0.4, -0.2) is 31.1 Å². The van der Waals surface area contributed by atoms with Crippen molar-refractivity contribution in [2.75, 3.05) is 26.2 Å². The third-order valence-corrected chi connectivity index (χ3v) is 6.41. The zero-order valence-electron chi connectivity index (χ0n) is 12.9. The average molecular weight is 321 g/mol. The summed E-state index contributed by atoms with van der Waals surface area (Å²) in [5.41, 5.74) is 0. The zero-order chi connectivity index (χ0) is 14.7. The van der Waals surface area contributed by atoms with Gasteiger partial charge in [-0.15, -0.1) is 22.7 Å².